The summed E-state index contributed by atoms with van der Waals surface area (Å²) in [5, 5.41) is 32.3. The van der Waals surface area contributed by atoms with Gasteiger partial charge in [-0.25, -0.2) is 0 Å². The Morgan fingerprint density at radius 3 is 2.35 bits per heavy atom. The van der Waals surface area contributed by atoms with Crippen molar-refractivity contribution in [2.45, 2.75) is 194 Å². The van der Waals surface area contributed by atoms with Crippen LogP contribution < -0.4 is 0 Å². The SMILES string of the molecule is CCCCCCCCCC(=O)OCC1OC(OC2CCC3(C)C(=CCC4C3CCC3(C)C(C(C)/C=C/C(CC)C(C)C)CCC43)C2)C(O)C(O)C1O. The first kappa shape index (κ1) is 41.9. The third kappa shape index (κ3) is 9.23. The Morgan fingerprint density at radius 2 is 1.63 bits per heavy atom. The molecule has 0 aromatic rings. The molecule has 3 N–H and O–H groups in total. The number of aliphatic hydroxyl groups excluding tert-OH is 3. The number of allylic oxidation sites excluding steroid dienone is 3. The minimum Gasteiger partial charge on any atom is -0.463 e. The van der Waals surface area contributed by atoms with E-state index < -0.39 is 30.7 Å². The summed E-state index contributed by atoms with van der Waals surface area (Å²) in [6, 6.07) is 0. The van der Waals surface area contributed by atoms with Gasteiger partial charge in [-0.3, -0.25) is 4.79 Å². The molecular formula is C45H76O7. The Balaban J connectivity index is 1.14. The zero-order chi connectivity index (χ0) is 37.6. The third-order valence-corrected chi connectivity index (χ3v) is 15.1. The number of fused-ring (bicyclic) bond motifs is 5. The van der Waals surface area contributed by atoms with Crippen molar-refractivity contribution < 1.29 is 34.3 Å². The summed E-state index contributed by atoms with van der Waals surface area (Å²) < 4.78 is 17.9. The molecule has 1 saturated heterocycles. The molecule has 1 heterocycles. The maximum Gasteiger partial charge on any atom is 0.305 e. The monoisotopic (exact) mass is 729 g/mol. The van der Waals surface area contributed by atoms with Crippen molar-refractivity contribution in [2.24, 2.45) is 52.3 Å². The van der Waals surface area contributed by atoms with Gasteiger partial charge < -0.3 is 29.5 Å². The second-order valence-electron chi connectivity index (χ2n) is 18.6. The highest BCUT2D eigenvalue weighted by atomic mass is 16.7. The van der Waals surface area contributed by atoms with Gasteiger partial charge in [0, 0.05) is 6.42 Å². The van der Waals surface area contributed by atoms with E-state index in [1.165, 1.54) is 63.4 Å². The lowest BCUT2D eigenvalue weighted by atomic mass is 9.47. The van der Waals surface area contributed by atoms with Gasteiger partial charge in [0.15, 0.2) is 6.29 Å². The fourth-order valence-corrected chi connectivity index (χ4v) is 11.8. The van der Waals surface area contributed by atoms with Gasteiger partial charge in [-0.05, 0) is 116 Å². The zero-order valence-corrected chi connectivity index (χ0v) is 33.9. The molecule has 5 aliphatic rings. The molecular weight excluding hydrogens is 652 g/mol. The van der Waals surface area contributed by atoms with Crippen LogP contribution in [0.3, 0.4) is 0 Å². The molecule has 0 spiro atoms. The number of aliphatic hydroxyl groups is 3. The largest absolute Gasteiger partial charge is 0.463 e. The second kappa shape index (κ2) is 18.6. The van der Waals surface area contributed by atoms with Crippen molar-refractivity contribution in [1.29, 1.82) is 0 Å². The summed E-state index contributed by atoms with van der Waals surface area (Å²) in [4.78, 5) is 12.4. The maximum absolute atomic E-state index is 12.4. The average Bonchev–Trinajstić information content (AvgIpc) is 3.48. The van der Waals surface area contributed by atoms with Gasteiger partial charge in [-0.15, -0.1) is 0 Å². The van der Waals surface area contributed by atoms with E-state index in [0.717, 1.165) is 62.7 Å². The lowest BCUT2D eigenvalue weighted by Gasteiger charge is -2.58. The van der Waals surface area contributed by atoms with E-state index in [0.29, 0.717) is 35.5 Å². The molecule has 3 saturated carbocycles. The lowest BCUT2D eigenvalue weighted by molar-refractivity contribution is -0.313. The van der Waals surface area contributed by atoms with Crippen molar-refractivity contribution >= 4 is 5.97 Å². The molecule has 14 unspecified atom stereocenters. The van der Waals surface area contributed by atoms with Crippen molar-refractivity contribution in [3.8, 4) is 0 Å². The number of rotatable bonds is 17. The standard InChI is InChI=1S/C45H76O7/c1-8-10-11-12-13-14-15-16-39(46)50-28-38-40(47)41(48)42(49)43(52-38)51-33-23-25-44(6)32(27-33)19-20-34-36-22-21-35(45(36,7)26-24-37(34)44)30(5)17-18-31(9-2)29(3)4/h17-19,29-31,33-38,40-43,47-49H,8-16,20-28H2,1-7H3/b18-17+. The smallest absolute Gasteiger partial charge is 0.305 e. The van der Waals surface area contributed by atoms with Gasteiger partial charge in [0.1, 0.15) is 31.0 Å². The third-order valence-electron chi connectivity index (χ3n) is 15.1. The first-order valence-corrected chi connectivity index (χ1v) is 21.7. The number of hydrogen-bond acceptors (Lipinski definition) is 7. The van der Waals surface area contributed by atoms with E-state index >= 15 is 0 Å². The lowest BCUT2D eigenvalue weighted by Crippen LogP contribution is -2.60. The van der Waals surface area contributed by atoms with Crippen LogP contribution in [0.5, 0.6) is 0 Å². The van der Waals surface area contributed by atoms with E-state index in [1.54, 1.807) is 0 Å². The Bertz CT molecular complexity index is 1200. The minimum atomic E-state index is -1.44. The van der Waals surface area contributed by atoms with Crippen LogP contribution in [0.25, 0.3) is 0 Å². The van der Waals surface area contributed by atoms with E-state index in [9.17, 15) is 20.1 Å². The molecule has 1 aliphatic heterocycles. The molecule has 0 amide bonds. The normalized spacial score (nSPS) is 40.2. The maximum atomic E-state index is 12.4. The molecule has 0 bridgehead atoms. The topological polar surface area (TPSA) is 105 Å². The Hall–Kier alpha value is -1.25. The Morgan fingerprint density at radius 1 is 0.904 bits per heavy atom. The number of carbonyl (C=O) groups excluding carboxylic acids is 1. The molecule has 0 aromatic carbocycles. The molecule has 5 rings (SSSR count). The summed E-state index contributed by atoms with van der Waals surface area (Å²) in [6.07, 6.45) is 19.8. The summed E-state index contributed by atoms with van der Waals surface area (Å²) in [7, 11) is 0. The van der Waals surface area contributed by atoms with Crippen LogP contribution in [0.2, 0.25) is 0 Å². The first-order valence-electron chi connectivity index (χ1n) is 21.7. The Labute approximate surface area is 316 Å². The molecule has 4 aliphatic carbocycles. The molecule has 14 atom stereocenters. The summed E-state index contributed by atoms with van der Waals surface area (Å²) >= 11 is 0. The van der Waals surface area contributed by atoms with Crippen LogP contribution in [0, 0.1) is 52.3 Å². The van der Waals surface area contributed by atoms with Crippen LogP contribution in [0.1, 0.15) is 158 Å². The van der Waals surface area contributed by atoms with E-state index in [2.05, 4.69) is 66.7 Å². The van der Waals surface area contributed by atoms with Gasteiger partial charge in [-0.2, -0.15) is 0 Å². The highest BCUT2D eigenvalue weighted by molar-refractivity contribution is 5.69. The summed E-state index contributed by atoms with van der Waals surface area (Å²) in [5.74, 6) is 4.62. The van der Waals surface area contributed by atoms with Crippen LogP contribution >= 0.6 is 0 Å². The Kier molecular flexibility index (Phi) is 15.0. The van der Waals surface area contributed by atoms with Crippen LogP contribution in [-0.4, -0.2) is 64.7 Å². The fraction of sp³-hybridized carbons (Fsp3) is 0.889. The predicted molar refractivity (Wildman–Crippen MR) is 207 cm³/mol. The molecule has 4 fully saturated rings. The van der Waals surface area contributed by atoms with Crippen LogP contribution in [-0.2, 0) is 19.0 Å². The minimum absolute atomic E-state index is 0.145. The molecule has 52 heavy (non-hydrogen) atoms. The molecule has 0 radical (unpaired) electrons. The van der Waals surface area contributed by atoms with Gasteiger partial charge in [0.05, 0.1) is 6.10 Å². The average molecular weight is 729 g/mol. The van der Waals surface area contributed by atoms with Gasteiger partial charge in [-0.1, -0.05) is 111 Å². The molecule has 0 aromatic heterocycles. The number of unbranched alkanes of at least 4 members (excludes halogenated alkanes) is 6. The predicted octanol–water partition coefficient (Wildman–Crippen LogP) is 9.32. The van der Waals surface area contributed by atoms with E-state index in [-0.39, 0.29) is 24.1 Å². The van der Waals surface area contributed by atoms with Crippen molar-refractivity contribution in [2.75, 3.05) is 6.61 Å². The molecule has 7 heteroatoms. The quantitative estimate of drug-likeness (QED) is 0.0779. The number of hydrogen-bond donors (Lipinski definition) is 3. The second-order valence-corrected chi connectivity index (χ2v) is 18.6. The first-order chi connectivity index (χ1) is 24.8. The van der Waals surface area contributed by atoms with Crippen LogP contribution in [0.15, 0.2) is 23.8 Å². The molecule has 7 nitrogen and oxygen atoms in total. The van der Waals surface area contributed by atoms with E-state index in [4.69, 9.17) is 14.2 Å². The number of ether oxygens (including phenoxy) is 3. The van der Waals surface area contributed by atoms with Crippen molar-refractivity contribution in [3.63, 3.8) is 0 Å². The summed E-state index contributed by atoms with van der Waals surface area (Å²) in [6.45, 7) is 16.7. The van der Waals surface area contributed by atoms with Gasteiger partial charge >= 0.3 is 5.97 Å². The number of carbonyl (C=O) groups is 1. The van der Waals surface area contributed by atoms with E-state index in [1.807, 2.05) is 0 Å². The van der Waals surface area contributed by atoms with Gasteiger partial charge in [0.2, 0.25) is 0 Å². The zero-order valence-electron chi connectivity index (χ0n) is 33.9. The van der Waals surface area contributed by atoms with Crippen molar-refractivity contribution in [3.05, 3.63) is 23.8 Å². The van der Waals surface area contributed by atoms with Gasteiger partial charge in [0.25, 0.3) is 0 Å². The van der Waals surface area contributed by atoms with Crippen molar-refractivity contribution in [1.82, 2.24) is 0 Å². The summed E-state index contributed by atoms with van der Waals surface area (Å²) in [5.41, 5.74) is 2.05. The number of esters is 1. The molecule has 298 valence electrons. The van der Waals surface area contributed by atoms with Crippen LogP contribution in [0.4, 0.5) is 0 Å². The fourth-order valence-electron chi connectivity index (χ4n) is 11.8. The highest BCUT2D eigenvalue weighted by Gasteiger charge is 2.59. The highest BCUT2D eigenvalue weighted by Crippen LogP contribution is 2.67.